The first-order valence-electron chi connectivity index (χ1n) is 6.17. The molecule has 2 aromatic carbocycles. The van der Waals surface area contributed by atoms with E-state index in [2.05, 4.69) is 0 Å². The van der Waals surface area contributed by atoms with Crippen LogP contribution in [0, 0.1) is 5.82 Å². The van der Waals surface area contributed by atoms with Crippen LogP contribution in [-0.4, -0.2) is 16.9 Å². The Hall–Kier alpha value is -2.49. The summed E-state index contributed by atoms with van der Waals surface area (Å²) in [7, 11) is 0. The number of aromatic carboxylic acids is 1. The minimum absolute atomic E-state index is 0.0915. The van der Waals surface area contributed by atoms with Crippen LogP contribution in [0.3, 0.4) is 0 Å². The van der Waals surface area contributed by atoms with E-state index in [4.69, 9.17) is 5.11 Å². The van der Waals surface area contributed by atoms with Crippen LogP contribution in [0.4, 0.5) is 4.39 Å². The van der Waals surface area contributed by atoms with E-state index in [-0.39, 0.29) is 23.6 Å². The third-order valence-corrected chi connectivity index (χ3v) is 2.98. The molecule has 1 N–H and O–H groups in total. The number of ketones is 1. The second-order valence-corrected chi connectivity index (χ2v) is 4.44. The average molecular weight is 272 g/mol. The number of carbonyl (C=O) groups is 2. The van der Waals surface area contributed by atoms with Gasteiger partial charge in [0.15, 0.2) is 5.78 Å². The Bertz CT molecular complexity index is 632. The van der Waals surface area contributed by atoms with Crippen LogP contribution in [0.25, 0.3) is 0 Å². The van der Waals surface area contributed by atoms with Crippen LogP contribution < -0.4 is 0 Å². The summed E-state index contributed by atoms with van der Waals surface area (Å²) in [6, 6.07) is 11.9. The summed E-state index contributed by atoms with van der Waals surface area (Å²) in [6.45, 7) is 0. The maximum Gasteiger partial charge on any atom is 0.335 e. The number of carbonyl (C=O) groups excluding carboxylic acids is 1. The van der Waals surface area contributed by atoms with Gasteiger partial charge in [0.2, 0.25) is 0 Å². The molecule has 0 bridgehead atoms. The fraction of sp³-hybridized carbons (Fsp3) is 0.125. The van der Waals surface area contributed by atoms with Crippen molar-refractivity contribution in [3.8, 4) is 0 Å². The van der Waals surface area contributed by atoms with Crippen molar-refractivity contribution in [1.82, 2.24) is 0 Å². The summed E-state index contributed by atoms with van der Waals surface area (Å²) >= 11 is 0. The summed E-state index contributed by atoms with van der Waals surface area (Å²) in [5.74, 6) is -1.43. The van der Waals surface area contributed by atoms with Gasteiger partial charge in [-0.15, -0.1) is 0 Å². The lowest BCUT2D eigenvalue weighted by molar-refractivity contribution is 0.0696. The molecule has 0 aliphatic carbocycles. The van der Waals surface area contributed by atoms with Gasteiger partial charge < -0.3 is 5.11 Å². The number of hydrogen-bond acceptors (Lipinski definition) is 2. The zero-order valence-electron chi connectivity index (χ0n) is 10.7. The SMILES string of the molecule is O=C(O)c1ccc(C(=O)CCc2cccc(F)c2)cc1. The molecule has 2 aromatic rings. The first kappa shape index (κ1) is 13.9. The highest BCUT2D eigenvalue weighted by Crippen LogP contribution is 2.11. The predicted molar refractivity (Wildman–Crippen MR) is 72.5 cm³/mol. The van der Waals surface area contributed by atoms with E-state index in [0.717, 1.165) is 5.56 Å². The summed E-state index contributed by atoms with van der Waals surface area (Å²) < 4.78 is 13.0. The zero-order valence-corrected chi connectivity index (χ0v) is 10.7. The lowest BCUT2D eigenvalue weighted by Gasteiger charge is -2.03. The molecule has 0 heterocycles. The quantitative estimate of drug-likeness (QED) is 0.849. The molecule has 3 nitrogen and oxygen atoms in total. The Morgan fingerprint density at radius 2 is 1.65 bits per heavy atom. The fourth-order valence-corrected chi connectivity index (χ4v) is 1.89. The number of Topliss-reactive ketones (excluding diaryl/α,β-unsaturated/α-hetero) is 1. The van der Waals surface area contributed by atoms with Gasteiger partial charge in [-0.3, -0.25) is 4.79 Å². The van der Waals surface area contributed by atoms with Crippen molar-refractivity contribution in [2.45, 2.75) is 12.8 Å². The molecule has 0 aliphatic rings. The van der Waals surface area contributed by atoms with E-state index in [0.29, 0.717) is 12.0 Å². The van der Waals surface area contributed by atoms with Gasteiger partial charge in [0.1, 0.15) is 5.82 Å². The second kappa shape index (κ2) is 6.10. The maximum absolute atomic E-state index is 13.0. The Kier molecular flexibility index (Phi) is 4.25. The molecule has 0 saturated heterocycles. The number of benzene rings is 2. The van der Waals surface area contributed by atoms with Crippen molar-refractivity contribution in [2.24, 2.45) is 0 Å². The number of hydrogen-bond donors (Lipinski definition) is 1. The normalized spacial score (nSPS) is 10.2. The highest BCUT2D eigenvalue weighted by molar-refractivity contribution is 5.97. The first-order valence-corrected chi connectivity index (χ1v) is 6.17. The first-order chi connectivity index (χ1) is 9.56. The highest BCUT2D eigenvalue weighted by atomic mass is 19.1. The van der Waals surface area contributed by atoms with Crippen molar-refractivity contribution < 1.29 is 19.1 Å². The van der Waals surface area contributed by atoms with Crippen molar-refractivity contribution in [3.05, 3.63) is 71.0 Å². The van der Waals surface area contributed by atoms with E-state index in [1.807, 2.05) is 0 Å². The molecule has 102 valence electrons. The van der Waals surface area contributed by atoms with Crippen LogP contribution >= 0.6 is 0 Å². The molecule has 0 aliphatic heterocycles. The standard InChI is InChI=1S/C16H13FO3/c17-14-3-1-2-11(10-14)4-9-15(18)12-5-7-13(8-6-12)16(19)20/h1-3,5-8,10H,4,9H2,(H,19,20). The van der Waals surface area contributed by atoms with E-state index in [1.54, 1.807) is 12.1 Å². The van der Waals surface area contributed by atoms with Crippen molar-refractivity contribution in [3.63, 3.8) is 0 Å². The number of carboxylic acid groups (broad SMARTS) is 1. The Labute approximate surface area is 115 Å². The lowest BCUT2D eigenvalue weighted by Crippen LogP contribution is -2.03. The smallest absolute Gasteiger partial charge is 0.335 e. The van der Waals surface area contributed by atoms with Gasteiger partial charge in [0, 0.05) is 12.0 Å². The number of aryl methyl sites for hydroxylation is 1. The second-order valence-electron chi connectivity index (χ2n) is 4.44. The molecule has 0 radical (unpaired) electrons. The predicted octanol–water partition coefficient (Wildman–Crippen LogP) is 3.34. The molecule has 20 heavy (non-hydrogen) atoms. The fourth-order valence-electron chi connectivity index (χ4n) is 1.89. The summed E-state index contributed by atoms with van der Waals surface area (Å²) in [5.41, 5.74) is 1.37. The van der Waals surface area contributed by atoms with Crippen LogP contribution in [0.5, 0.6) is 0 Å². The third-order valence-electron chi connectivity index (χ3n) is 2.98. The van der Waals surface area contributed by atoms with Crippen LogP contribution in [0.15, 0.2) is 48.5 Å². The summed E-state index contributed by atoms with van der Waals surface area (Å²) in [5, 5.41) is 8.77. The Balaban J connectivity index is 1.99. The molecule has 0 fully saturated rings. The molecule has 4 heteroatoms. The van der Waals surface area contributed by atoms with Gasteiger partial charge in [0.05, 0.1) is 5.56 Å². The molecule has 2 rings (SSSR count). The Morgan fingerprint density at radius 1 is 1.00 bits per heavy atom. The van der Waals surface area contributed by atoms with Crippen molar-refractivity contribution in [1.29, 1.82) is 0 Å². The van der Waals surface area contributed by atoms with Gasteiger partial charge in [-0.2, -0.15) is 0 Å². The van der Waals surface area contributed by atoms with E-state index < -0.39 is 5.97 Å². The molecule has 0 atom stereocenters. The van der Waals surface area contributed by atoms with E-state index >= 15 is 0 Å². The van der Waals surface area contributed by atoms with E-state index in [1.165, 1.54) is 36.4 Å². The molecule has 0 unspecified atom stereocenters. The largest absolute Gasteiger partial charge is 0.478 e. The summed E-state index contributed by atoms with van der Waals surface area (Å²) in [6.07, 6.45) is 0.715. The topological polar surface area (TPSA) is 54.4 Å². The number of halogens is 1. The molecule has 0 saturated carbocycles. The van der Waals surface area contributed by atoms with Gasteiger partial charge >= 0.3 is 5.97 Å². The monoisotopic (exact) mass is 272 g/mol. The average Bonchev–Trinajstić information content (AvgIpc) is 2.45. The third kappa shape index (κ3) is 3.51. The van der Waals surface area contributed by atoms with Gasteiger partial charge in [-0.1, -0.05) is 24.3 Å². The highest BCUT2D eigenvalue weighted by Gasteiger charge is 2.08. The molecule has 0 aromatic heterocycles. The van der Waals surface area contributed by atoms with Crippen molar-refractivity contribution in [2.75, 3.05) is 0 Å². The minimum atomic E-state index is -1.02. The number of carboxylic acids is 1. The number of rotatable bonds is 5. The van der Waals surface area contributed by atoms with Crippen LogP contribution in [-0.2, 0) is 6.42 Å². The van der Waals surface area contributed by atoms with Gasteiger partial charge in [-0.25, -0.2) is 9.18 Å². The van der Waals surface area contributed by atoms with Gasteiger partial charge in [-0.05, 0) is 36.2 Å². The molecular formula is C16H13FO3. The lowest BCUT2D eigenvalue weighted by atomic mass is 10.0. The summed E-state index contributed by atoms with van der Waals surface area (Å²) in [4.78, 5) is 22.6. The molecule has 0 amide bonds. The maximum atomic E-state index is 13.0. The van der Waals surface area contributed by atoms with Crippen LogP contribution in [0.1, 0.15) is 32.7 Å². The van der Waals surface area contributed by atoms with Crippen LogP contribution in [0.2, 0.25) is 0 Å². The van der Waals surface area contributed by atoms with Gasteiger partial charge in [0.25, 0.3) is 0 Å². The zero-order chi connectivity index (χ0) is 14.5. The molecule has 0 spiro atoms. The molecular weight excluding hydrogens is 259 g/mol. The van der Waals surface area contributed by atoms with E-state index in [9.17, 15) is 14.0 Å². The van der Waals surface area contributed by atoms with Crippen molar-refractivity contribution >= 4 is 11.8 Å². The minimum Gasteiger partial charge on any atom is -0.478 e. The Morgan fingerprint density at radius 3 is 2.25 bits per heavy atom.